The third-order valence-corrected chi connectivity index (χ3v) is 5.57. The van der Waals surface area contributed by atoms with Crippen LogP contribution in [0, 0.1) is 0 Å². The molecule has 0 atom stereocenters. The normalized spacial score (nSPS) is 17.2. The molecule has 0 unspecified atom stereocenters. The number of sulfone groups is 1. The highest BCUT2D eigenvalue weighted by Crippen LogP contribution is 2.32. The average Bonchev–Trinajstić information content (AvgIpc) is 2.60. The molecule has 0 spiro atoms. The van der Waals surface area contributed by atoms with Crippen molar-refractivity contribution < 1.29 is 31.5 Å². The molecule has 0 bridgehead atoms. The quantitative estimate of drug-likeness (QED) is 0.761. The Labute approximate surface area is 148 Å². The third kappa shape index (κ3) is 3.45. The highest BCUT2D eigenvalue weighted by atomic mass is 32.2. The van der Waals surface area contributed by atoms with Gasteiger partial charge in [0.15, 0.2) is 27.1 Å². The van der Waals surface area contributed by atoms with Crippen molar-refractivity contribution in [1.29, 1.82) is 0 Å². The van der Waals surface area contributed by atoms with Crippen molar-refractivity contribution in [1.82, 2.24) is 0 Å². The Balaban J connectivity index is 2.02. The maximum absolute atomic E-state index is 12.6. The molecule has 2 aromatic carbocycles. The summed E-state index contributed by atoms with van der Waals surface area (Å²) in [6.45, 7) is -3.00. The van der Waals surface area contributed by atoms with Gasteiger partial charge in [-0.15, -0.1) is 0 Å². The number of ether oxygens (including phenoxy) is 2. The molecule has 3 rings (SSSR count). The number of methoxy groups -OCH3 is 1. The van der Waals surface area contributed by atoms with Crippen LogP contribution in [0.2, 0.25) is 0 Å². The molecule has 0 fully saturated rings. The molecular formula is C18H14F2O5S. The van der Waals surface area contributed by atoms with E-state index in [1.54, 1.807) is 12.1 Å². The predicted octanol–water partition coefficient (Wildman–Crippen LogP) is 3.35. The molecule has 0 aliphatic carbocycles. The van der Waals surface area contributed by atoms with E-state index >= 15 is 0 Å². The maximum Gasteiger partial charge on any atom is 0.387 e. The van der Waals surface area contributed by atoms with E-state index in [2.05, 4.69) is 4.74 Å². The first-order chi connectivity index (χ1) is 12.3. The van der Waals surface area contributed by atoms with E-state index in [0.29, 0.717) is 5.56 Å². The highest BCUT2D eigenvalue weighted by molar-refractivity contribution is 7.91. The molecular weight excluding hydrogens is 366 g/mol. The van der Waals surface area contributed by atoms with Gasteiger partial charge in [0.05, 0.1) is 17.8 Å². The smallest absolute Gasteiger partial charge is 0.387 e. The van der Waals surface area contributed by atoms with Crippen molar-refractivity contribution in [2.24, 2.45) is 0 Å². The lowest BCUT2D eigenvalue weighted by Crippen LogP contribution is -2.24. The Bertz CT molecular complexity index is 996. The highest BCUT2D eigenvalue weighted by Gasteiger charge is 2.32. The molecule has 1 aliphatic rings. The molecule has 0 saturated carbocycles. The summed E-state index contributed by atoms with van der Waals surface area (Å²) in [5.74, 6) is -0.925. The first kappa shape index (κ1) is 18.1. The molecule has 136 valence electrons. The van der Waals surface area contributed by atoms with Crippen LogP contribution in [0.3, 0.4) is 0 Å². The van der Waals surface area contributed by atoms with Crippen molar-refractivity contribution in [3.05, 3.63) is 59.2 Å². The Morgan fingerprint density at radius 3 is 2.54 bits per heavy atom. The Hall–Kier alpha value is -2.74. The second-order valence-corrected chi connectivity index (χ2v) is 7.50. The van der Waals surface area contributed by atoms with Crippen molar-refractivity contribution in [2.45, 2.75) is 11.5 Å². The summed E-state index contributed by atoms with van der Waals surface area (Å²) in [5.41, 5.74) is 0.643. The zero-order chi connectivity index (χ0) is 18.9. The van der Waals surface area contributed by atoms with Gasteiger partial charge in [0.1, 0.15) is 0 Å². The number of Topliss-reactive ketones (excluding diaryl/α,β-unsaturated/α-hetero) is 1. The van der Waals surface area contributed by atoms with Crippen LogP contribution in [0.1, 0.15) is 15.9 Å². The fourth-order valence-corrected chi connectivity index (χ4v) is 4.28. The van der Waals surface area contributed by atoms with Gasteiger partial charge in [0.2, 0.25) is 0 Å². The zero-order valence-electron chi connectivity index (χ0n) is 13.6. The number of fused-ring (bicyclic) bond motifs is 1. The van der Waals surface area contributed by atoms with E-state index in [-0.39, 0.29) is 33.3 Å². The lowest BCUT2D eigenvalue weighted by Gasteiger charge is -2.18. The van der Waals surface area contributed by atoms with Crippen LogP contribution in [0.4, 0.5) is 8.78 Å². The molecule has 2 aromatic rings. The fourth-order valence-electron chi connectivity index (χ4n) is 2.72. The van der Waals surface area contributed by atoms with Gasteiger partial charge >= 0.3 is 6.61 Å². The van der Waals surface area contributed by atoms with Crippen LogP contribution >= 0.6 is 0 Å². The lowest BCUT2D eigenvalue weighted by atomic mass is 10.0. The van der Waals surface area contributed by atoms with E-state index in [1.165, 1.54) is 43.5 Å². The Kier molecular flexibility index (Phi) is 4.78. The zero-order valence-corrected chi connectivity index (χ0v) is 14.4. The van der Waals surface area contributed by atoms with Gasteiger partial charge in [-0.25, -0.2) is 8.42 Å². The average molecular weight is 380 g/mol. The minimum atomic E-state index is -3.63. The molecule has 26 heavy (non-hydrogen) atoms. The Morgan fingerprint density at radius 1 is 1.12 bits per heavy atom. The number of ketones is 1. The van der Waals surface area contributed by atoms with Gasteiger partial charge in [-0.05, 0) is 35.9 Å². The van der Waals surface area contributed by atoms with Crippen LogP contribution in [-0.4, -0.2) is 33.7 Å². The van der Waals surface area contributed by atoms with Crippen LogP contribution in [-0.2, 0) is 9.84 Å². The van der Waals surface area contributed by atoms with Crippen LogP contribution in [0.5, 0.6) is 11.5 Å². The summed E-state index contributed by atoms with van der Waals surface area (Å²) in [4.78, 5) is 12.6. The number of carbonyl (C=O) groups is 1. The van der Waals surface area contributed by atoms with Crippen LogP contribution < -0.4 is 9.47 Å². The third-order valence-electron chi connectivity index (χ3n) is 3.85. The summed E-state index contributed by atoms with van der Waals surface area (Å²) in [6, 6.07) is 10.1. The first-order valence-electron chi connectivity index (χ1n) is 7.52. The van der Waals surface area contributed by atoms with Gasteiger partial charge < -0.3 is 9.47 Å². The number of halogens is 2. The van der Waals surface area contributed by atoms with Crippen LogP contribution in [0.25, 0.3) is 6.08 Å². The summed E-state index contributed by atoms with van der Waals surface area (Å²) >= 11 is 0. The number of carbonyl (C=O) groups excluding carboxylic acids is 1. The van der Waals surface area contributed by atoms with Crippen molar-refractivity contribution in [3.8, 4) is 11.5 Å². The number of hydrogen-bond donors (Lipinski definition) is 0. The lowest BCUT2D eigenvalue weighted by molar-refractivity contribution is -0.0512. The Morgan fingerprint density at radius 2 is 1.85 bits per heavy atom. The molecule has 0 amide bonds. The standard InChI is InChI=1S/C18H14F2O5S/c1-24-15-9-11(6-7-14(15)25-18(19)20)8-12-10-26(22,23)16-5-3-2-4-13(16)17(12)21/h2-9,18H,10H2,1H3. The van der Waals surface area contributed by atoms with E-state index in [4.69, 9.17) is 4.74 Å². The van der Waals surface area contributed by atoms with E-state index in [0.717, 1.165) is 0 Å². The topological polar surface area (TPSA) is 69.7 Å². The van der Waals surface area contributed by atoms with E-state index in [9.17, 15) is 22.0 Å². The van der Waals surface area contributed by atoms with Gasteiger partial charge in [-0.2, -0.15) is 8.78 Å². The predicted molar refractivity (Wildman–Crippen MR) is 90.4 cm³/mol. The number of rotatable bonds is 4. The molecule has 5 nitrogen and oxygen atoms in total. The molecule has 1 aliphatic heterocycles. The van der Waals surface area contributed by atoms with Gasteiger partial charge in [0.25, 0.3) is 0 Å². The minimum Gasteiger partial charge on any atom is -0.493 e. The van der Waals surface area contributed by atoms with Gasteiger partial charge in [0, 0.05) is 11.1 Å². The molecule has 0 N–H and O–H groups in total. The van der Waals surface area contributed by atoms with Crippen molar-refractivity contribution >= 4 is 21.7 Å². The second-order valence-electron chi connectivity index (χ2n) is 5.54. The van der Waals surface area contributed by atoms with E-state index in [1.807, 2.05) is 0 Å². The van der Waals surface area contributed by atoms with Crippen LogP contribution in [0.15, 0.2) is 52.9 Å². The summed E-state index contributed by atoms with van der Waals surface area (Å²) < 4.78 is 58.9. The SMILES string of the molecule is COc1cc(C=C2CS(=O)(=O)c3ccccc3C2=O)ccc1OC(F)F. The molecule has 0 aromatic heterocycles. The van der Waals surface area contributed by atoms with Crippen molar-refractivity contribution in [3.63, 3.8) is 0 Å². The molecule has 1 heterocycles. The number of benzene rings is 2. The van der Waals surface area contributed by atoms with Gasteiger partial charge in [-0.1, -0.05) is 18.2 Å². The number of alkyl halides is 2. The van der Waals surface area contributed by atoms with Gasteiger partial charge in [-0.3, -0.25) is 4.79 Å². The minimum absolute atomic E-state index is 0.0143. The summed E-state index contributed by atoms with van der Waals surface area (Å²) in [6.07, 6.45) is 1.41. The molecule has 0 radical (unpaired) electrons. The number of hydrogen-bond acceptors (Lipinski definition) is 5. The summed E-state index contributed by atoms with van der Waals surface area (Å²) in [5, 5.41) is 0. The fraction of sp³-hybridized carbons (Fsp3) is 0.167. The second kappa shape index (κ2) is 6.87. The van der Waals surface area contributed by atoms with E-state index < -0.39 is 22.2 Å². The largest absolute Gasteiger partial charge is 0.493 e. The maximum atomic E-state index is 12.6. The first-order valence-corrected chi connectivity index (χ1v) is 9.17. The molecule has 8 heteroatoms. The molecule has 0 saturated heterocycles. The van der Waals surface area contributed by atoms with Crippen molar-refractivity contribution in [2.75, 3.05) is 12.9 Å². The summed E-state index contributed by atoms with van der Waals surface area (Å²) in [7, 11) is -2.34. The monoisotopic (exact) mass is 380 g/mol.